The van der Waals surface area contributed by atoms with Crippen molar-refractivity contribution in [1.29, 1.82) is 0 Å². The van der Waals surface area contributed by atoms with Crippen LogP contribution < -0.4 is 4.90 Å². The fraction of sp³-hybridized carbons (Fsp3) is 0.444. The highest BCUT2D eigenvalue weighted by Crippen LogP contribution is 2.53. The lowest BCUT2D eigenvalue weighted by Gasteiger charge is -2.22. The second kappa shape index (κ2) is 5.57. The Kier molecular flexibility index (Phi) is 3.66. The van der Waals surface area contributed by atoms with Crippen molar-refractivity contribution in [3.8, 4) is 0 Å². The fourth-order valence-electron chi connectivity index (χ4n) is 4.07. The minimum atomic E-state index is -4.50. The number of halogens is 3. The molecule has 1 aromatic carbocycles. The molecular weight excluding hydrogens is 351 g/mol. The van der Waals surface area contributed by atoms with Crippen molar-refractivity contribution in [3.05, 3.63) is 42.0 Å². The van der Waals surface area contributed by atoms with Gasteiger partial charge in [0, 0.05) is 5.69 Å². The summed E-state index contributed by atoms with van der Waals surface area (Å²) in [5.41, 5.74) is -1.69. The first kappa shape index (κ1) is 17.1. The molecule has 2 saturated heterocycles. The molecule has 0 aromatic heterocycles. The molecule has 8 heteroatoms. The molecule has 0 saturated carbocycles. The lowest BCUT2D eigenvalue weighted by Crippen LogP contribution is -2.40. The Balaban J connectivity index is 1.68. The van der Waals surface area contributed by atoms with Gasteiger partial charge in [-0.3, -0.25) is 9.59 Å². The first-order chi connectivity index (χ1) is 12.3. The molecule has 1 aromatic rings. The van der Waals surface area contributed by atoms with Gasteiger partial charge in [0.2, 0.25) is 5.91 Å². The van der Waals surface area contributed by atoms with Gasteiger partial charge < -0.3 is 14.4 Å². The van der Waals surface area contributed by atoms with Gasteiger partial charge in [0.25, 0.3) is 0 Å². The van der Waals surface area contributed by atoms with Gasteiger partial charge in [-0.2, -0.15) is 13.2 Å². The predicted octanol–water partition coefficient (Wildman–Crippen LogP) is 2.55. The second-order valence-electron chi connectivity index (χ2n) is 6.62. The van der Waals surface area contributed by atoms with Gasteiger partial charge in [0.05, 0.1) is 30.7 Å². The molecule has 1 amide bonds. The average Bonchev–Trinajstić information content (AvgIpc) is 3.23. The number of carbonyl (C=O) groups excluding carboxylic acids is 2. The van der Waals surface area contributed by atoms with E-state index in [9.17, 15) is 22.8 Å². The van der Waals surface area contributed by atoms with Crippen molar-refractivity contribution in [2.24, 2.45) is 11.8 Å². The summed E-state index contributed by atoms with van der Waals surface area (Å²) in [4.78, 5) is 26.5. The van der Waals surface area contributed by atoms with Gasteiger partial charge in [-0.25, -0.2) is 0 Å². The number of amides is 1. The van der Waals surface area contributed by atoms with Crippen LogP contribution >= 0.6 is 0 Å². The van der Waals surface area contributed by atoms with Crippen molar-refractivity contribution in [2.75, 3.05) is 18.1 Å². The molecule has 0 radical (unpaired) electrons. The number of hydrogen-bond donors (Lipinski definition) is 0. The van der Waals surface area contributed by atoms with Crippen LogP contribution in [0.4, 0.5) is 18.9 Å². The van der Waals surface area contributed by atoms with E-state index >= 15 is 0 Å². The van der Waals surface area contributed by atoms with E-state index in [0.29, 0.717) is 0 Å². The minimum Gasteiger partial charge on any atom is -0.466 e. The molecule has 4 atom stereocenters. The highest BCUT2D eigenvalue weighted by atomic mass is 19.4. The largest absolute Gasteiger partial charge is 0.466 e. The number of rotatable bonds is 3. The summed E-state index contributed by atoms with van der Waals surface area (Å²) < 4.78 is 49.9. The molecule has 138 valence electrons. The van der Waals surface area contributed by atoms with Crippen LogP contribution in [-0.2, 0) is 25.2 Å². The molecular formula is C18H16F3NO4. The molecule has 26 heavy (non-hydrogen) atoms. The zero-order chi connectivity index (χ0) is 18.7. The van der Waals surface area contributed by atoms with Gasteiger partial charge in [-0.05, 0) is 25.1 Å². The lowest BCUT2D eigenvalue weighted by molar-refractivity contribution is -0.151. The van der Waals surface area contributed by atoms with Crippen LogP contribution in [-0.4, -0.2) is 36.7 Å². The molecule has 3 aliphatic heterocycles. The highest BCUT2D eigenvalue weighted by molar-refractivity contribution is 6.02. The molecule has 1 spiro atoms. The quantitative estimate of drug-likeness (QED) is 0.609. The maximum absolute atomic E-state index is 13.0. The van der Waals surface area contributed by atoms with E-state index in [4.69, 9.17) is 9.47 Å². The number of nitrogens with zero attached hydrogens (tertiary/aromatic N) is 1. The number of fused-ring (bicyclic) bond motifs is 1. The van der Waals surface area contributed by atoms with E-state index in [1.54, 1.807) is 19.1 Å². The van der Waals surface area contributed by atoms with Crippen LogP contribution in [0.3, 0.4) is 0 Å². The number of alkyl halides is 3. The maximum Gasteiger partial charge on any atom is 0.416 e. The van der Waals surface area contributed by atoms with E-state index in [2.05, 4.69) is 0 Å². The molecule has 3 aliphatic rings. The monoisotopic (exact) mass is 367 g/mol. The third kappa shape index (κ3) is 2.35. The van der Waals surface area contributed by atoms with Crippen molar-refractivity contribution in [3.63, 3.8) is 0 Å². The van der Waals surface area contributed by atoms with Gasteiger partial charge in [-0.1, -0.05) is 18.2 Å². The zero-order valence-corrected chi connectivity index (χ0v) is 13.8. The average molecular weight is 367 g/mol. The Bertz CT molecular complexity index is 806. The van der Waals surface area contributed by atoms with Crippen LogP contribution in [0.1, 0.15) is 12.5 Å². The summed E-state index contributed by atoms with van der Waals surface area (Å²) in [6.07, 6.45) is -1.58. The van der Waals surface area contributed by atoms with Crippen molar-refractivity contribution >= 4 is 17.6 Å². The van der Waals surface area contributed by atoms with Gasteiger partial charge >= 0.3 is 12.1 Å². The van der Waals surface area contributed by atoms with E-state index in [0.717, 1.165) is 12.1 Å². The normalized spacial score (nSPS) is 32.2. The number of esters is 1. The van der Waals surface area contributed by atoms with Crippen LogP contribution in [0, 0.1) is 11.8 Å². The van der Waals surface area contributed by atoms with E-state index in [1.807, 2.05) is 0 Å². The summed E-state index contributed by atoms with van der Waals surface area (Å²) in [5.74, 6) is -2.50. The third-order valence-corrected chi connectivity index (χ3v) is 5.14. The summed E-state index contributed by atoms with van der Waals surface area (Å²) in [6.45, 7) is 1.92. The maximum atomic E-state index is 13.0. The molecule has 4 unspecified atom stereocenters. The van der Waals surface area contributed by atoms with Crippen molar-refractivity contribution in [1.82, 2.24) is 0 Å². The Morgan fingerprint density at radius 1 is 1.42 bits per heavy atom. The summed E-state index contributed by atoms with van der Waals surface area (Å²) in [5, 5.41) is 0. The number of anilines is 1. The van der Waals surface area contributed by atoms with Crippen LogP contribution in [0.25, 0.3) is 0 Å². The van der Waals surface area contributed by atoms with Gasteiger partial charge in [0.15, 0.2) is 0 Å². The first-order valence-electron chi connectivity index (χ1n) is 8.29. The van der Waals surface area contributed by atoms with E-state index < -0.39 is 47.2 Å². The van der Waals surface area contributed by atoms with Gasteiger partial charge in [-0.15, -0.1) is 0 Å². The predicted molar refractivity (Wildman–Crippen MR) is 84.2 cm³/mol. The number of carbonyl (C=O) groups is 2. The number of ether oxygens (including phenoxy) is 2. The molecule has 3 heterocycles. The van der Waals surface area contributed by atoms with Crippen LogP contribution in [0.15, 0.2) is 36.4 Å². The van der Waals surface area contributed by atoms with E-state index in [-0.39, 0.29) is 18.8 Å². The second-order valence-corrected chi connectivity index (χ2v) is 6.62. The molecule has 2 fully saturated rings. The Hall–Kier alpha value is -2.35. The smallest absolute Gasteiger partial charge is 0.416 e. The standard InChI is InChI=1S/C18H16F3NO4/c1-2-25-16(24)13-12-6-7-17(26-12)9-22(15(23)14(13)17)11-5-3-4-10(8-11)18(19,20)21/h3-8,12-14H,2,9H2,1H3. The topological polar surface area (TPSA) is 55.8 Å². The highest BCUT2D eigenvalue weighted by Gasteiger charge is 2.67. The Morgan fingerprint density at radius 2 is 2.19 bits per heavy atom. The molecule has 0 aliphatic carbocycles. The van der Waals surface area contributed by atoms with Crippen LogP contribution in [0.5, 0.6) is 0 Å². The molecule has 2 bridgehead atoms. The SMILES string of the molecule is CCOC(=O)C1C2C=CC3(CN(c4cccc(C(F)(F)F)c4)C(=O)C13)O2. The Morgan fingerprint density at radius 3 is 2.88 bits per heavy atom. The number of benzene rings is 1. The molecule has 5 nitrogen and oxygen atoms in total. The number of hydrogen-bond acceptors (Lipinski definition) is 4. The summed E-state index contributed by atoms with van der Waals surface area (Å²) >= 11 is 0. The third-order valence-electron chi connectivity index (χ3n) is 5.14. The van der Waals surface area contributed by atoms with Crippen molar-refractivity contribution < 1.29 is 32.2 Å². The van der Waals surface area contributed by atoms with Gasteiger partial charge in [0.1, 0.15) is 11.5 Å². The zero-order valence-electron chi connectivity index (χ0n) is 13.8. The van der Waals surface area contributed by atoms with Crippen LogP contribution in [0.2, 0.25) is 0 Å². The first-order valence-corrected chi connectivity index (χ1v) is 8.29. The molecule has 4 rings (SSSR count). The fourth-order valence-corrected chi connectivity index (χ4v) is 4.07. The summed E-state index contributed by atoms with van der Waals surface area (Å²) in [6, 6.07) is 4.59. The Labute approximate surface area is 147 Å². The lowest BCUT2D eigenvalue weighted by atomic mass is 9.77. The molecule has 0 N–H and O–H groups in total. The van der Waals surface area contributed by atoms with E-state index in [1.165, 1.54) is 17.0 Å². The minimum absolute atomic E-state index is 0.0702. The summed E-state index contributed by atoms with van der Waals surface area (Å²) in [7, 11) is 0. The van der Waals surface area contributed by atoms with Crippen molar-refractivity contribution in [2.45, 2.75) is 24.8 Å².